The molecule has 1 aromatic heterocycles. The Kier molecular flexibility index (Phi) is 4.87. The summed E-state index contributed by atoms with van der Waals surface area (Å²) in [5, 5.41) is 7.18. The Morgan fingerprint density at radius 2 is 2.22 bits per heavy atom. The van der Waals surface area contributed by atoms with Gasteiger partial charge in [0.15, 0.2) is 12.4 Å². The maximum absolute atomic E-state index is 12.0. The Morgan fingerprint density at radius 1 is 1.43 bits per heavy atom. The minimum absolute atomic E-state index is 0.00638. The molecular formula is C16H26N4O3. The van der Waals surface area contributed by atoms with Crippen LogP contribution in [0, 0.1) is 13.8 Å². The van der Waals surface area contributed by atoms with E-state index < -0.39 is 0 Å². The van der Waals surface area contributed by atoms with Crippen molar-refractivity contribution in [1.82, 2.24) is 20.0 Å². The number of carbonyl (C=O) groups excluding carboxylic acids is 1. The first kappa shape index (κ1) is 16.3. The molecule has 2 aliphatic rings. The minimum atomic E-state index is -0.125. The molecule has 3 rings (SSSR count). The molecule has 0 bridgehead atoms. The maximum Gasteiger partial charge on any atom is 0.258 e. The van der Waals surface area contributed by atoms with Crippen LogP contribution in [0.1, 0.15) is 24.2 Å². The van der Waals surface area contributed by atoms with E-state index in [0.717, 1.165) is 37.1 Å². The predicted octanol–water partition coefficient (Wildman–Crippen LogP) is 0.395. The van der Waals surface area contributed by atoms with Gasteiger partial charge in [0.25, 0.3) is 5.91 Å². The van der Waals surface area contributed by atoms with E-state index in [1.807, 2.05) is 20.9 Å². The van der Waals surface area contributed by atoms with E-state index in [4.69, 9.17) is 9.47 Å². The fraction of sp³-hybridized carbons (Fsp3) is 0.750. The third kappa shape index (κ3) is 4.03. The molecule has 7 heteroatoms. The number of hydrogen-bond acceptors (Lipinski definition) is 5. The molecule has 1 aliphatic carbocycles. The first-order valence-electron chi connectivity index (χ1n) is 8.30. The molecule has 1 amide bonds. The van der Waals surface area contributed by atoms with Crippen molar-refractivity contribution in [3.63, 3.8) is 0 Å². The normalized spacial score (nSPS) is 22.1. The van der Waals surface area contributed by atoms with Crippen molar-refractivity contribution in [1.29, 1.82) is 0 Å². The second kappa shape index (κ2) is 6.88. The smallest absolute Gasteiger partial charge is 0.258 e. The highest BCUT2D eigenvalue weighted by atomic mass is 16.5. The van der Waals surface area contributed by atoms with Gasteiger partial charge in [-0.25, -0.2) is 0 Å². The summed E-state index contributed by atoms with van der Waals surface area (Å²) in [6, 6.07) is 0.747. The third-order valence-corrected chi connectivity index (χ3v) is 4.55. The van der Waals surface area contributed by atoms with Crippen LogP contribution in [0.2, 0.25) is 0 Å². The van der Waals surface area contributed by atoms with Gasteiger partial charge in [-0.2, -0.15) is 5.10 Å². The van der Waals surface area contributed by atoms with Crippen molar-refractivity contribution >= 4 is 5.91 Å². The number of carbonyl (C=O) groups is 1. The highest BCUT2D eigenvalue weighted by Gasteiger charge is 2.32. The van der Waals surface area contributed by atoms with Gasteiger partial charge < -0.3 is 14.8 Å². The summed E-state index contributed by atoms with van der Waals surface area (Å²) in [5.74, 6) is 0.566. The van der Waals surface area contributed by atoms with Gasteiger partial charge in [-0.05, 0) is 26.7 Å². The quantitative estimate of drug-likeness (QED) is 0.821. The highest BCUT2D eigenvalue weighted by molar-refractivity contribution is 5.77. The zero-order chi connectivity index (χ0) is 16.4. The maximum atomic E-state index is 12.0. The van der Waals surface area contributed by atoms with Crippen molar-refractivity contribution in [2.75, 3.05) is 32.8 Å². The summed E-state index contributed by atoms with van der Waals surface area (Å²) >= 11 is 0. The van der Waals surface area contributed by atoms with Gasteiger partial charge >= 0.3 is 0 Å². The molecule has 1 aromatic rings. The summed E-state index contributed by atoms with van der Waals surface area (Å²) in [4.78, 5) is 14.5. The van der Waals surface area contributed by atoms with Gasteiger partial charge in [0, 0.05) is 32.7 Å². The van der Waals surface area contributed by atoms with Gasteiger partial charge in [-0.3, -0.25) is 14.4 Å². The van der Waals surface area contributed by atoms with Crippen LogP contribution < -0.4 is 10.1 Å². The van der Waals surface area contributed by atoms with Crippen LogP contribution in [0.5, 0.6) is 5.75 Å². The molecule has 2 fully saturated rings. The van der Waals surface area contributed by atoms with Crippen LogP contribution in [0.4, 0.5) is 0 Å². The summed E-state index contributed by atoms with van der Waals surface area (Å²) in [6.07, 6.45) is 2.68. The van der Waals surface area contributed by atoms with Crippen LogP contribution >= 0.6 is 0 Å². The Morgan fingerprint density at radius 3 is 2.87 bits per heavy atom. The number of hydrogen-bond donors (Lipinski definition) is 1. The lowest BCUT2D eigenvalue weighted by Crippen LogP contribution is -2.48. The topological polar surface area (TPSA) is 68.6 Å². The Bertz CT molecular complexity index is 568. The number of nitrogens with zero attached hydrogens (tertiary/aromatic N) is 3. The zero-order valence-corrected chi connectivity index (χ0v) is 14.2. The molecule has 128 valence electrons. The zero-order valence-electron chi connectivity index (χ0n) is 14.2. The van der Waals surface area contributed by atoms with Crippen LogP contribution in [0.25, 0.3) is 0 Å². The largest absolute Gasteiger partial charge is 0.480 e. The van der Waals surface area contributed by atoms with Gasteiger partial charge in [0.2, 0.25) is 0 Å². The van der Waals surface area contributed by atoms with Crippen molar-refractivity contribution in [3.8, 4) is 5.75 Å². The van der Waals surface area contributed by atoms with Crippen LogP contribution in [-0.2, 0) is 16.6 Å². The summed E-state index contributed by atoms with van der Waals surface area (Å²) in [5.41, 5.74) is 1.72. The number of rotatable bonds is 6. The summed E-state index contributed by atoms with van der Waals surface area (Å²) in [7, 11) is 1.86. The van der Waals surface area contributed by atoms with E-state index in [2.05, 4.69) is 15.3 Å². The second-order valence-corrected chi connectivity index (χ2v) is 6.44. The van der Waals surface area contributed by atoms with E-state index in [1.165, 1.54) is 12.8 Å². The van der Waals surface area contributed by atoms with Crippen LogP contribution in [-0.4, -0.2) is 65.6 Å². The lowest BCUT2D eigenvalue weighted by Gasteiger charge is -2.33. The third-order valence-electron chi connectivity index (χ3n) is 4.55. The fourth-order valence-electron chi connectivity index (χ4n) is 3.02. The molecule has 1 aliphatic heterocycles. The average molecular weight is 322 g/mol. The summed E-state index contributed by atoms with van der Waals surface area (Å²) < 4.78 is 13.1. The van der Waals surface area contributed by atoms with E-state index >= 15 is 0 Å². The predicted molar refractivity (Wildman–Crippen MR) is 85.5 cm³/mol. The molecule has 0 aromatic carbocycles. The fourth-order valence-corrected chi connectivity index (χ4v) is 3.02. The van der Waals surface area contributed by atoms with Gasteiger partial charge in [-0.1, -0.05) is 0 Å². The number of ether oxygens (including phenoxy) is 2. The van der Waals surface area contributed by atoms with Crippen molar-refractivity contribution in [2.24, 2.45) is 7.05 Å². The highest BCUT2D eigenvalue weighted by Crippen LogP contribution is 2.28. The van der Waals surface area contributed by atoms with Crippen LogP contribution in [0.15, 0.2) is 0 Å². The molecule has 7 nitrogen and oxygen atoms in total. The summed E-state index contributed by atoms with van der Waals surface area (Å²) in [6.45, 7) is 7.02. The molecule has 0 spiro atoms. The molecule has 1 saturated heterocycles. The Hall–Kier alpha value is -1.60. The first-order chi connectivity index (χ1) is 11.0. The lowest BCUT2D eigenvalue weighted by molar-refractivity contribution is -0.124. The molecule has 2 heterocycles. The molecule has 23 heavy (non-hydrogen) atoms. The van der Waals surface area contributed by atoms with Crippen molar-refractivity contribution in [3.05, 3.63) is 11.4 Å². The number of aromatic nitrogens is 2. The number of amides is 1. The Balaban J connectivity index is 1.41. The van der Waals surface area contributed by atoms with Gasteiger partial charge in [0.05, 0.1) is 18.4 Å². The van der Waals surface area contributed by atoms with E-state index in [0.29, 0.717) is 12.3 Å². The van der Waals surface area contributed by atoms with E-state index in [9.17, 15) is 4.79 Å². The van der Waals surface area contributed by atoms with Crippen molar-refractivity contribution < 1.29 is 14.3 Å². The Labute approximate surface area is 136 Å². The standard InChI is InChI=1S/C16H26N4O3/c1-11-16(12(2)19(3)18-11)23-10-15(21)17-8-14-9-20(6-7-22-14)13-4-5-13/h13-14H,4-10H2,1-3H3,(H,17,21). The van der Waals surface area contributed by atoms with Crippen LogP contribution in [0.3, 0.4) is 0 Å². The number of nitrogens with one attached hydrogen (secondary N) is 1. The lowest BCUT2D eigenvalue weighted by atomic mass is 10.2. The SMILES string of the molecule is Cc1nn(C)c(C)c1OCC(=O)NCC1CN(C2CC2)CCO1. The van der Waals surface area contributed by atoms with E-state index in [-0.39, 0.29) is 18.6 Å². The molecule has 1 unspecified atom stereocenters. The molecule has 1 N–H and O–H groups in total. The minimum Gasteiger partial charge on any atom is -0.480 e. The molecule has 0 radical (unpaired) electrons. The van der Waals surface area contributed by atoms with Crippen molar-refractivity contribution in [2.45, 2.75) is 38.8 Å². The van der Waals surface area contributed by atoms with Gasteiger partial charge in [0.1, 0.15) is 5.69 Å². The number of aryl methyl sites for hydroxylation is 2. The van der Waals surface area contributed by atoms with E-state index in [1.54, 1.807) is 4.68 Å². The first-order valence-corrected chi connectivity index (χ1v) is 8.30. The molecule has 1 atom stereocenters. The number of morpholine rings is 1. The van der Waals surface area contributed by atoms with Gasteiger partial charge in [-0.15, -0.1) is 0 Å². The monoisotopic (exact) mass is 322 g/mol. The molecular weight excluding hydrogens is 296 g/mol. The average Bonchev–Trinajstić information content (AvgIpc) is 3.34. The second-order valence-electron chi connectivity index (χ2n) is 6.44. The molecule has 1 saturated carbocycles.